The van der Waals surface area contributed by atoms with Crippen LogP contribution in [0.15, 0.2) is 39.8 Å². The van der Waals surface area contributed by atoms with Crippen LogP contribution in [0, 0.1) is 18.6 Å². The van der Waals surface area contributed by atoms with Gasteiger partial charge in [-0.25, -0.2) is 8.78 Å². The number of rotatable bonds is 5. The topological polar surface area (TPSA) is 96.5 Å². The fraction of sp³-hybridized carbons (Fsp3) is 0.300. The number of hydrogen-bond donors (Lipinski definition) is 1. The van der Waals surface area contributed by atoms with Crippen molar-refractivity contribution in [2.24, 2.45) is 0 Å². The van der Waals surface area contributed by atoms with E-state index in [1.165, 1.54) is 6.20 Å². The lowest BCUT2D eigenvalue weighted by Gasteiger charge is -2.35. The van der Waals surface area contributed by atoms with Crippen LogP contribution in [0.1, 0.15) is 5.76 Å². The predicted octanol–water partition coefficient (Wildman–Crippen LogP) is 2.22. The summed E-state index contributed by atoms with van der Waals surface area (Å²) in [6.07, 6.45) is 1.38. The number of carbonyl (C=O) groups is 1. The molecule has 1 saturated heterocycles. The zero-order valence-corrected chi connectivity index (χ0v) is 17.8. The number of carbonyl (C=O) groups excluding carboxylic acids is 1. The van der Waals surface area contributed by atoms with Crippen LogP contribution in [0.25, 0.3) is 5.69 Å². The van der Waals surface area contributed by atoms with E-state index >= 15 is 0 Å². The SMILES string of the molecule is Cc1cc(NC(=O)CN2CCN(c3cnn(-c4ccc(F)cc4F)c(=O)c3Cl)CC2)no1. The standard InChI is InChI=1S/C20H19ClF2N6O3/c1-12-8-17(26-32-12)25-18(30)11-27-4-6-28(7-5-27)16-10-24-29(20(31)19(16)21)15-3-2-13(22)9-14(15)23/h2-3,8-10H,4-7,11H2,1H3,(H,25,26,30). The third-order valence-corrected chi connectivity index (χ3v) is 5.37. The molecule has 32 heavy (non-hydrogen) atoms. The zero-order valence-electron chi connectivity index (χ0n) is 17.0. The molecule has 168 valence electrons. The molecule has 1 aromatic carbocycles. The fourth-order valence-corrected chi connectivity index (χ4v) is 3.68. The first-order chi connectivity index (χ1) is 15.3. The van der Waals surface area contributed by atoms with Gasteiger partial charge in [-0.05, 0) is 19.1 Å². The maximum absolute atomic E-state index is 14.0. The molecule has 0 aliphatic carbocycles. The highest BCUT2D eigenvalue weighted by Crippen LogP contribution is 2.23. The van der Waals surface area contributed by atoms with Gasteiger partial charge in [0.1, 0.15) is 22.3 Å². The van der Waals surface area contributed by atoms with Gasteiger partial charge in [0.25, 0.3) is 5.56 Å². The van der Waals surface area contributed by atoms with Gasteiger partial charge >= 0.3 is 0 Å². The Bertz CT molecular complexity index is 1210. The number of nitrogens with zero attached hydrogens (tertiary/aromatic N) is 5. The van der Waals surface area contributed by atoms with Gasteiger partial charge in [-0.3, -0.25) is 14.5 Å². The molecule has 4 rings (SSSR count). The van der Waals surface area contributed by atoms with Crippen molar-refractivity contribution in [1.82, 2.24) is 19.8 Å². The van der Waals surface area contributed by atoms with Crippen LogP contribution < -0.4 is 15.8 Å². The highest BCUT2D eigenvalue weighted by atomic mass is 35.5. The van der Waals surface area contributed by atoms with Crippen LogP contribution in [0.4, 0.5) is 20.3 Å². The number of piperazine rings is 1. The summed E-state index contributed by atoms with van der Waals surface area (Å²) in [5, 5.41) is 10.3. The Morgan fingerprint density at radius 3 is 2.59 bits per heavy atom. The molecular weight excluding hydrogens is 446 g/mol. The van der Waals surface area contributed by atoms with Crippen molar-refractivity contribution in [3.8, 4) is 5.69 Å². The Labute approximate surface area is 186 Å². The molecule has 2 aromatic heterocycles. The maximum atomic E-state index is 14.0. The van der Waals surface area contributed by atoms with Gasteiger partial charge in [0.2, 0.25) is 5.91 Å². The second-order valence-electron chi connectivity index (χ2n) is 7.29. The van der Waals surface area contributed by atoms with Crippen LogP contribution in [0.2, 0.25) is 5.02 Å². The number of aromatic nitrogens is 3. The number of hydrogen-bond acceptors (Lipinski definition) is 7. The van der Waals surface area contributed by atoms with Crippen LogP contribution in [0.5, 0.6) is 0 Å². The van der Waals surface area contributed by atoms with E-state index in [-0.39, 0.29) is 23.2 Å². The van der Waals surface area contributed by atoms with Gasteiger partial charge in [0.15, 0.2) is 11.6 Å². The van der Waals surface area contributed by atoms with Crippen molar-refractivity contribution in [3.05, 3.63) is 63.2 Å². The lowest BCUT2D eigenvalue weighted by Crippen LogP contribution is -2.49. The molecule has 0 saturated carbocycles. The molecule has 1 aliphatic heterocycles. The molecule has 0 radical (unpaired) electrons. The minimum Gasteiger partial charge on any atom is -0.366 e. The highest BCUT2D eigenvalue weighted by molar-refractivity contribution is 6.33. The second-order valence-corrected chi connectivity index (χ2v) is 7.67. The molecule has 1 N–H and O–H groups in total. The van der Waals surface area contributed by atoms with E-state index in [1.54, 1.807) is 13.0 Å². The zero-order chi connectivity index (χ0) is 22.8. The number of anilines is 2. The van der Waals surface area contributed by atoms with Gasteiger partial charge in [0, 0.05) is 38.3 Å². The predicted molar refractivity (Wildman–Crippen MR) is 113 cm³/mol. The summed E-state index contributed by atoms with van der Waals surface area (Å²) in [7, 11) is 0. The Morgan fingerprint density at radius 1 is 1.19 bits per heavy atom. The summed E-state index contributed by atoms with van der Waals surface area (Å²) < 4.78 is 32.9. The average Bonchev–Trinajstić information content (AvgIpc) is 3.16. The second kappa shape index (κ2) is 9.05. The largest absolute Gasteiger partial charge is 0.366 e. The minimum atomic E-state index is -0.920. The Balaban J connectivity index is 1.40. The molecule has 0 atom stereocenters. The summed E-state index contributed by atoms with van der Waals surface area (Å²) in [5.74, 6) is -0.929. The summed E-state index contributed by atoms with van der Waals surface area (Å²) in [6.45, 7) is 4.03. The van der Waals surface area contributed by atoms with E-state index in [0.29, 0.717) is 49.5 Å². The van der Waals surface area contributed by atoms with E-state index in [9.17, 15) is 18.4 Å². The first-order valence-corrected chi connectivity index (χ1v) is 10.1. The normalized spacial score (nSPS) is 14.6. The Kier molecular flexibility index (Phi) is 6.19. The summed E-state index contributed by atoms with van der Waals surface area (Å²) in [5.41, 5.74) is -0.486. The Morgan fingerprint density at radius 2 is 1.94 bits per heavy atom. The third-order valence-electron chi connectivity index (χ3n) is 5.01. The molecular formula is C20H19ClF2N6O3. The van der Waals surface area contributed by atoms with Crippen molar-refractivity contribution in [2.75, 3.05) is 42.9 Å². The molecule has 3 heterocycles. The molecule has 0 spiro atoms. The van der Waals surface area contributed by atoms with Crippen LogP contribution in [-0.4, -0.2) is 58.5 Å². The van der Waals surface area contributed by atoms with Crippen LogP contribution in [0.3, 0.4) is 0 Å². The third kappa shape index (κ3) is 4.63. The van der Waals surface area contributed by atoms with E-state index in [4.69, 9.17) is 16.1 Å². The molecule has 1 fully saturated rings. The van der Waals surface area contributed by atoms with Gasteiger partial charge in [-0.15, -0.1) is 0 Å². The summed E-state index contributed by atoms with van der Waals surface area (Å²) >= 11 is 6.27. The van der Waals surface area contributed by atoms with Crippen molar-refractivity contribution >= 4 is 29.0 Å². The first kappa shape index (κ1) is 21.9. The van der Waals surface area contributed by atoms with Gasteiger partial charge in [-0.1, -0.05) is 16.8 Å². The monoisotopic (exact) mass is 464 g/mol. The number of halogens is 3. The van der Waals surface area contributed by atoms with Crippen molar-refractivity contribution in [3.63, 3.8) is 0 Å². The quantitative estimate of drug-likeness (QED) is 0.618. The molecule has 3 aromatic rings. The Hall–Kier alpha value is -3.31. The minimum absolute atomic E-state index is 0.115. The van der Waals surface area contributed by atoms with Gasteiger partial charge in [0.05, 0.1) is 18.4 Å². The van der Waals surface area contributed by atoms with Crippen LogP contribution >= 0.6 is 11.6 Å². The summed E-state index contributed by atoms with van der Waals surface area (Å²) in [6, 6.07) is 4.46. The summed E-state index contributed by atoms with van der Waals surface area (Å²) in [4.78, 5) is 28.7. The van der Waals surface area contributed by atoms with E-state index in [0.717, 1.165) is 16.8 Å². The van der Waals surface area contributed by atoms with Crippen LogP contribution in [-0.2, 0) is 4.79 Å². The highest BCUT2D eigenvalue weighted by Gasteiger charge is 2.23. The van der Waals surface area contributed by atoms with E-state index in [2.05, 4.69) is 15.6 Å². The maximum Gasteiger partial charge on any atom is 0.292 e. The smallest absolute Gasteiger partial charge is 0.292 e. The van der Waals surface area contributed by atoms with Crippen molar-refractivity contribution < 1.29 is 18.1 Å². The van der Waals surface area contributed by atoms with Gasteiger partial charge < -0.3 is 14.7 Å². The number of aryl methyl sites for hydroxylation is 1. The first-order valence-electron chi connectivity index (χ1n) is 9.75. The molecule has 9 nitrogen and oxygen atoms in total. The number of amides is 1. The van der Waals surface area contributed by atoms with Gasteiger partial charge in [-0.2, -0.15) is 9.78 Å². The molecule has 1 amide bonds. The lowest BCUT2D eigenvalue weighted by atomic mass is 10.2. The average molecular weight is 465 g/mol. The molecule has 1 aliphatic rings. The fourth-order valence-electron chi connectivity index (χ4n) is 3.43. The van der Waals surface area contributed by atoms with E-state index in [1.807, 2.05) is 9.80 Å². The molecule has 0 unspecified atom stereocenters. The number of nitrogens with one attached hydrogen (secondary N) is 1. The van der Waals surface area contributed by atoms with E-state index < -0.39 is 17.2 Å². The molecule has 12 heteroatoms. The molecule has 0 bridgehead atoms. The van der Waals surface area contributed by atoms with Crippen molar-refractivity contribution in [1.29, 1.82) is 0 Å². The van der Waals surface area contributed by atoms with Crippen molar-refractivity contribution in [2.45, 2.75) is 6.92 Å². The number of benzene rings is 1. The lowest BCUT2D eigenvalue weighted by molar-refractivity contribution is -0.117.